The number of halogens is 1. The fourth-order valence-electron chi connectivity index (χ4n) is 2.82. The fourth-order valence-corrected chi connectivity index (χ4v) is 2.82. The molecule has 4 heteroatoms. The van der Waals surface area contributed by atoms with Crippen LogP contribution in [0.2, 0.25) is 0 Å². The topological polar surface area (TPSA) is 49.3 Å². The first kappa shape index (κ1) is 16.0. The highest BCUT2D eigenvalue weighted by atomic mass is 19.1. The summed E-state index contributed by atoms with van der Waals surface area (Å²) in [4.78, 5) is 12.5. The van der Waals surface area contributed by atoms with Crippen molar-refractivity contribution >= 4 is 5.91 Å². The predicted octanol–water partition coefficient (Wildman–Crippen LogP) is 2.77. The van der Waals surface area contributed by atoms with Crippen molar-refractivity contribution in [2.75, 3.05) is 6.61 Å². The van der Waals surface area contributed by atoms with Crippen LogP contribution in [0.5, 0.6) is 0 Å². The van der Waals surface area contributed by atoms with Crippen LogP contribution in [-0.4, -0.2) is 23.7 Å². The molecule has 0 radical (unpaired) electrons. The zero-order valence-electron chi connectivity index (χ0n) is 12.9. The van der Waals surface area contributed by atoms with Crippen LogP contribution in [0.15, 0.2) is 24.3 Å². The molecule has 2 N–H and O–H groups in total. The summed E-state index contributed by atoms with van der Waals surface area (Å²) >= 11 is 0. The largest absolute Gasteiger partial charge is 0.394 e. The molecule has 21 heavy (non-hydrogen) atoms. The maximum absolute atomic E-state index is 13.9. The molecule has 0 aromatic heterocycles. The molecule has 1 aromatic rings. The molecule has 1 unspecified atom stereocenters. The van der Waals surface area contributed by atoms with E-state index in [4.69, 9.17) is 0 Å². The van der Waals surface area contributed by atoms with Gasteiger partial charge < -0.3 is 10.4 Å². The average molecular weight is 293 g/mol. The van der Waals surface area contributed by atoms with E-state index in [9.17, 15) is 14.3 Å². The summed E-state index contributed by atoms with van der Waals surface area (Å²) in [6.45, 7) is 6.08. The molecular formula is C17H24FNO2. The number of nitrogens with one attached hydrogen (secondary N) is 1. The Kier molecular flexibility index (Phi) is 4.38. The molecular weight excluding hydrogens is 269 g/mol. The second kappa shape index (κ2) is 5.76. The van der Waals surface area contributed by atoms with Crippen molar-refractivity contribution in [1.82, 2.24) is 5.32 Å². The number of rotatable bonds is 5. The molecule has 1 aliphatic rings. The summed E-state index contributed by atoms with van der Waals surface area (Å²) in [5, 5.41) is 12.4. The number of amides is 1. The molecule has 2 rings (SSSR count). The van der Waals surface area contributed by atoms with Crippen LogP contribution in [0, 0.1) is 11.2 Å². The molecule has 3 nitrogen and oxygen atoms in total. The van der Waals surface area contributed by atoms with Gasteiger partial charge in [0, 0.05) is 5.56 Å². The van der Waals surface area contributed by atoms with Crippen LogP contribution < -0.4 is 5.32 Å². The Morgan fingerprint density at radius 2 is 2.00 bits per heavy atom. The van der Waals surface area contributed by atoms with Crippen molar-refractivity contribution < 1.29 is 14.3 Å². The summed E-state index contributed by atoms with van der Waals surface area (Å²) in [5.41, 5.74) is -0.263. The Hall–Kier alpha value is -1.42. The van der Waals surface area contributed by atoms with Gasteiger partial charge in [-0.25, -0.2) is 4.39 Å². The standard InChI is InChI=1S/C17H24FNO2/c1-16(2,3)10-12(11-20)19-15(21)17(8-9-17)13-6-4-5-7-14(13)18/h4-7,12,20H,8-11H2,1-3H3,(H,19,21). The van der Waals surface area contributed by atoms with Crippen molar-refractivity contribution in [1.29, 1.82) is 0 Å². The fraction of sp³-hybridized carbons (Fsp3) is 0.588. The van der Waals surface area contributed by atoms with Crippen molar-refractivity contribution in [3.8, 4) is 0 Å². The first-order valence-electron chi connectivity index (χ1n) is 7.45. The van der Waals surface area contributed by atoms with Gasteiger partial charge in [0.05, 0.1) is 18.1 Å². The third-order valence-electron chi connectivity index (χ3n) is 3.99. The highest BCUT2D eigenvalue weighted by molar-refractivity contribution is 5.91. The van der Waals surface area contributed by atoms with E-state index in [1.165, 1.54) is 6.07 Å². The zero-order valence-corrected chi connectivity index (χ0v) is 12.9. The number of hydrogen-bond donors (Lipinski definition) is 2. The van der Waals surface area contributed by atoms with Crippen LogP contribution in [0.4, 0.5) is 4.39 Å². The van der Waals surface area contributed by atoms with Gasteiger partial charge >= 0.3 is 0 Å². The molecule has 0 spiro atoms. The van der Waals surface area contributed by atoms with Gasteiger partial charge in [-0.3, -0.25) is 4.79 Å². The third kappa shape index (κ3) is 3.62. The number of carbonyl (C=O) groups is 1. The van der Waals surface area contributed by atoms with Gasteiger partial charge in [0.2, 0.25) is 5.91 Å². The van der Waals surface area contributed by atoms with Crippen molar-refractivity contribution in [2.24, 2.45) is 5.41 Å². The van der Waals surface area contributed by atoms with Crippen LogP contribution in [0.3, 0.4) is 0 Å². The lowest BCUT2D eigenvalue weighted by molar-refractivity contribution is -0.124. The highest BCUT2D eigenvalue weighted by Gasteiger charge is 2.53. The predicted molar refractivity (Wildman–Crippen MR) is 80.4 cm³/mol. The average Bonchev–Trinajstić information content (AvgIpc) is 3.18. The number of aliphatic hydroxyl groups is 1. The van der Waals surface area contributed by atoms with Crippen molar-refractivity contribution in [2.45, 2.75) is 51.5 Å². The third-order valence-corrected chi connectivity index (χ3v) is 3.99. The zero-order chi connectivity index (χ0) is 15.7. The minimum atomic E-state index is -0.739. The van der Waals surface area contributed by atoms with Gasteiger partial charge in [0.15, 0.2) is 0 Å². The smallest absolute Gasteiger partial charge is 0.231 e. The maximum atomic E-state index is 13.9. The van der Waals surface area contributed by atoms with Gasteiger partial charge in [-0.2, -0.15) is 0 Å². The van der Waals surface area contributed by atoms with Gasteiger partial charge in [-0.15, -0.1) is 0 Å². The van der Waals surface area contributed by atoms with Crippen LogP contribution >= 0.6 is 0 Å². The van der Waals surface area contributed by atoms with Gasteiger partial charge in [-0.05, 0) is 30.7 Å². The van der Waals surface area contributed by atoms with Crippen LogP contribution in [-0.2, 0) is 10.2 Å². The van der Waals surface area contributed by atoms with E-state index in [1.807, 2.05) is 0 Å². The molecule has 0 aliphatic heterocycles. The van der Waals surface area contributed by atoms with E-state index in [0.29, 0.717) is 24.8 Å². The first-order valence-corrected chi connectivity index (χ1v) is 7.45. The van der Waals surface area contributed by atoms with E-state index in [0.717, 1.165) is 0 Å². The van der Waals surface area contributed by atoms with E-state index in [-0.39, 0.29) is 29.8 Å². The molecule has 1 saturated carbocycles. The molecule has 0 bridgehead atoms. The number of hydrogen-bond acceptors (Lipinski definition) is 2. The summed E-state index contributed by atoms with van der Waals surface area (Å²) in [6.07, 6.45) is 2.00. The minimum absolute atomic E-state index is 0.00931. The summed E-state index contributed by atoms with van der Waals surface area (Å²) in [5.74, 6) is -0.502. The lowest BCUT2D eigenvalue weighted by Crippen LogP contribution is -2.45. The van der Waals surface area contributed by atoms with Gasteiger partial charge in [0.25, 0.3) is 0 Å². The Morgan fingerprint density at radius 1 is 1.38 bits per heavy atom. The quantitative estimate of drug-likeness (QED) is 0.877. The number of aliphatic hydroxyl groups excluding tert-OH is 1. The normalized spacial score (nSPS) is 18.1. The Labute approximate surface area is 125 Å². The van der Waals surface area contributed by atoms with E-state index in [1.54, 1.807) is 18.2 Å². The van der Waals surface area contributed by atoms with E-state index in [2.05, 4.69) is 26.1 Å². The second-order valence-corrected chi connectivity index (χ2v) is 7.18. The Bertz CT molecular complexity index is 518. The summed E-state index contributed by atoms with van der Waals surface area (Å²) in [7, 11) is 0. The van der Waals surface area contributed by atoms with Crippen LogP contribution in [0.1, 0.15) is 45.6 Å². The molecule has 116 valence electrons. The molecule has 1 aromatic carbocycles. The summed E-state index contributed by atoms with van der Waals surface area (Å²) in [6, 6.07) is 6.16. The van der Waals surface area contributed by atoms with Gasteiger partial charge in [-0.1, -0.05) is 39.0 Å². The first-order chi connectivity index (χ1) is 9.78. The van der Waals surface area contributed by atoms with Crippen molar-refractivity contribution in [3.05, 3.63) is 35.6 Å². The maximum Gasteiger partial charge on any atom is 0.231 e. The molecule has 1 aliphatic carbocycles. The molecule has 0 saturated heterocycles. The Balaban J connectivity index is 2.11. The van der Waals surface area contributed by atoms with E-state index >= 15 is 0 Å². The lowest BCUT2D eigenvalue weighted by atomic mass is 9.87. The van der Waals surface area contributed by atoms with Gasteiger partial charge in [0.1, 0.15) is 5.82 Å². The second-order valence-electron chi connectivity index (χ2n) is 7.18. The minimum Gasteiger partial charge on any atom is -0.394 e. The monoisotopic (exact) mass is 293 g/mol. The van der Waals surface area contributed by atoms with E-state index < -0.39 is 5.41 Å². The molecule has 1 fully saturated rings. The highest BCUT2D eigenvalue weighted by Crippen LogP contribution is 2.49. The molecule has 0 heterocycles. The van der Waals surface area contributed by atoms with Crippen LogP contribution in [0.25, 0.3) is 0 Å². The lowest BCUT2D eigenvalue weighted by Gasteiger charge is -2.27. The van der Waals surface area contributed by atoms with Crippen molar-refractivity contribution in [3.63, 3.8) is 0 Å². The Morgan fingerprint density at radius 3 is 2.48 bits per heavy atom. The SMILES string of the molecule is CC(C)(C)CC(CO)NC(=O)C1(c2ccccc2F)CC1. The summed E-state index contributed by atoms with van der Waals surface area (Å²) < 4.78 is 13.9. The number of carbonyl (C=O) groups excluding carboxylic acids is 1. The number of benzene rings is 1. The molecule has 1 atom stereocenters. The molecule has 1 amide bonds.